The summed E-state index contributed by atoms with van der Waals surface area (Å²) in [5.41, 5.74) is 5.01. The summed E-state index contributed by atoms with van der Waals surface area (Å²) in [6.07, 6.45) is 3.74. The highest BCUT2D eigenvalue weighted by Gasteiger charge is 2.22. The van der Waals surface area contributed by atoms with E-state index in [4.69, 9.17) is 5.73 Å². The Labute approximate surface area is 67.3 Å². The summed E-state index contributed by atoms with van der Waals surface area (Å²) >= 11 is 0. The molecule has 1 rings (SSSR count). The molecule has 3 N–H and O–H groups in total. The summed E-state index contributed by atoms with van der Waals surface area (Å²) in [5, 5.41) is 3.16. The molecule has 0 bridgehead atoms. The maximum absolute atomic E-state index is 10.4. The van der Waals surface area contributed by atoms with Gasteiger partial charge in [0.05, 0.1) is 6.54 Å². The van der Waals surface area contributed by atoms with Crippen molar-refractivity contribution in [1.82, 2.24) is 5.32 Å². The smallest absolute Gasteiger partial charge is 0.231 e. The van der Waals surface area contributed by atoms with Gasteiger partial charge >= 0.3 is 0 Å². The molecule has 1 saturated carbocycles. The Kier molecular flexibility index (Phi) is 2.88. The molecule has 11 heavy (non-hydrogen) atoms. The molecular formula is C8H16N2O. The van der Waals surface area contributed by atoms with E-state index in [2.05, 4.69) is 12.2 Å². The fourth-order valence-electron chi connectivity index (χ4n) is 1.68. The molecule has 0 spiro atoms. The van der Waals surface area contributed by atoms with Crippen molar-refractivity contribution in [2.45, 2.75) is 32.2 Å². The van der Waals surface area contributed by atoms with Gasteiger partial charge in [0.25, 0.3) is 0 Å². The Morgan fingerprint density at radius 2 is 2.36 bits per heavy atom. The number of hydrogen-bond acceptors (Lipinski definition) is 2. The third-order valence-electron chi connectivity index (χ3n) is 2.40. The average molecular weight is 156 g/mol. The predicted molar refractivity (Wildman–Crippen MR) is 44.0 cm³/mol. The Hall–Kier alpha value is -0.570. The van der Waals surface area contributed by atoms with Crippen molar-refractivity contribution in [3.63, 3.8) is 0 Å². The molecule has 3 nitrogen and oxygen atoms in total. The van der Waals surface area contributed by atoms with E-state index in [0.717, 1.165) is 0 Å². The van der Waals surface area contributed by atoms with Crippen LogP contribution >= 0.6 is 0 Å². The molecule has 2 atom stereocenters. The fraction of sp³-hybridized carbons (Fsp3) is 0.875. The maximum Gasteiger partial charge on any atom is 0.231 e. The topological polar surface area (TPSA) is 55.1 Å². The van der Waals surface area contributed by atoms with Crippen LogP contribution in [0, 0.1) is 5.92 Å². The lowest BCUT2D eigenvalue weighted by Gasteiger charge is -2.15. The molecule has 0 aromatic rings. The minimum absolute atomic E-state index is 0.260. The zero-order valence-electron chi connectivity index (χ0n) is 6.97. The van der Waals surface area contributed by atoms with E-state index in [-0.39, 0.29) is 5.91 Å². The van der Waals surface area contributed by atoms with E-state index in [1.54, 1.807) is 0 Å². The number of hydrogen-bond donors (Lipinski definition) is 2. The van der Waals surface area contributed by atoms with Gasteiger partial charge in [0, 0.05) is 6.04 Å². The van der Waals surface area contributed by atoms with Crippen LogP contribution in [0.2, 0.25) is 0 Å². The summed E-state index contributed by atoms with van der Waals surface area (Å²) < 4.78 is 0. The molecule has 0 aliphatic heterocycles. The highest BCUT2D eigenvalue weighted by Crippen LogP contribution is 2.24. The first-order valence-electron chi connectivity index (χ1n) is 4.22. The molecule has 2 unspecified atom stereocenters. The van der Waals surface area contributed by atoms with Gasteiger partial charge in [0.15, 0.2) is 0 Å². The quantitative estimate of drug-likeness (QED) is 0.615. The lowest BCUT2D eigenvalue weighted by atomic mass is 10.1. The van der Waals surface area contributed by atoms with Gasteiger partial charge in [-0.3, -0.25) is 4.79 Å². The Balaban J connectivity index is 2.20. The van der Waals surface area contributed by atoms with Crippen molar-refractivity contribution in [3.05, 3.63) is 0 Å². The lowest BCUT2D eigenvalue weighted by Crippen LogP contribution is -2.37. The summed E-state index contributed by atoms with van der Waals surface area (Å²) in [5.74, 6) is 0.443. The van der Waals surface area contributed by atoms with E-state index >= 15 is 0 Å². The van der Waals surface area contributed by atoms with Gasteiger partial charge in [-0.05, 0) is 18.8 Å². The minimum atomic E-state index is -0.260. The lowest BCUT2D eigenvalue weighted by molar-refractivity contribution is -0.117. The summed E-state index contributed by atoms with van der Waals surface area (Å²) in [4.78, 5) is 10.4. The number of carbonyl (C=O) groups is 1. The average Bonchev–Trinajstić information content (AvgIpc) is 2.31. The first-order valence-corrected chi connectivity index (χ1v) is 4.22. The van der Waals surface area contributed by atoms with Gasteiger partial charge in [-0.15, -0.1) is 0 Å². The van der Waals surface area contributed by atoms with Crippen molar-refractivity contribution in [1.29, 1.82) is 0 Å². The van der Waals surface area contributed by atoms with Gasteiger partial charge in [-0.1, -0.05) is 13.3 Å². The Morgan fingerprint density at radius 1 is 1.64 bits per heavy atom. The summed E-state index contributed by atoms with van der Waals surface area (Å²) in [7, 11) is 0. The summed E-state index contributed by atoms with van der Waals surface area (Å²) in [6.45, 7) is 2.54. The first-order chi connectivity index (χ1) is 5.20. The van der Waals surface area contributed by atoms with Crippen molar-refractivity contribution in [2.75, 3.05) is 6.54 Å². The van der Waals surface area contributed by atoms with Crippen LogP contribution in [-0.4, -0.2) is 18.5 Å². The monoisotopic (exact) mass is 156 g/mol. The molecule has 64 valence electrons. The standard InChI is InChI=1S/C8H16N2O/c1-6-3-2-4-7(6)10-5-8(9)11/h6-7,10H,2-5H2,1H3,(H2,9,11). The van der Waals surface area contributed by atoms with Crippen LogP contribution in [0.25, 0.3) is 0 Å². The molecule has 0 aromatic carbocycles. The zero-order chi connectivity index (χ0) is 8.27. The van der Waals surface area contributed by atoms with Crippen LogP contribution in [-0.2, 0) is 4.79 Å². The highest BCUT2D eigenvalue weighted by atomic mass is 16.1. The number of carbonyl (C=O) groups excluding carboxylic acids is 1. The van der Waals surface area contributed by atoms with Crippen LogP contribution in [0.15, 0.2) is 0 Å². The van der Waals surface area contributed by atoms with Gasteiger partial charge in [0.1, 0.15) is 0 Å². The van der Waals surface area contributed by atoms with Crippen molar-refractivity contribution < 1.29 is 4.79 Å². The van der Waals surface area contributed by atoms with Crippen LogP contribution < -0.4 is 11.1 Å². The Morgan fingerprint density at radius 3 is 2.82 bits per heavy atom. The second-order valence-corrected chi connectivity index (χ2v) is 3.36. The Bertz CT molecular complexity index is 147. The van der Waals surface area contributed by atoms with Crippen LogP contribution in [0.5, 0.6) is 0 Å². The van der Waals surface area contributed by atoms with Gasteiger partial charge in [0.2, 0.25) is 5.91 Å². The highest BCUT2D eigenvalue weighted by molar-refractivity contribution is 5.75. The van der Waals surface area contributed by atoms with E-state index in [1.807, 2.05) is 0 Å². The number of primary amides is 1. The zero-order valence-corrected chi connectivity index (χ0v) is 6.97. The molecule has 3 heteroatoms. The van der Waals surface area contributed by atoms with Crippen molar-refractivity contribution in [2.24, 2.45) is 11.7 Å². The van der Waals surface area contributed by atoms with E-state index < -0.39 is 0 Å². The van der Waals surface area contributed by atoms with Crippen molar-refractivity contribution in [3.8, 4) is 0 Å². The molecule has 1 fully saturated rings. The van der Waals surface area contributed by atoms with Crippen LogP contribution in [0.3, 0.4) is 0 Å². The second kappa shape index (κ2) is 3.72. The van der Waals surface area contributed by atoms with Crippen molar-refractivity contribution >= 4 is 5.91 Å². The normalized spacial score (nSPS) is 30.6. The van der Waals surface area contributed by atoms with Crippen LogP contribution in [0.1, 0.15) is 26.2 Å². The summed E-state index contributed by atoms with van der Waals surface area (Å²) in [6, 6.07) is 0.516. The molecule has 0 heterocycles. The number of nitrogens with one attached hydrogen (secondary N) is 1. The molecule has 0 saturated heterocycles. The number of nitrogens with two attached hydrogens (primary N) is 1. The van der Waals surface area contributed by atoms with Gasteiger partial charge in [-0.2, -0.15) is 0 Å². The molecule has 0 aromatic heterocycles. The second-order valence-electron chi connectivity index (χ2n) is 3.36. The molecule has 0 radical (unpaired) electrons. The fourth-order valence-corrected chi connectivity index (χ4v) is 1.68. The van der Waals surface area contributed by atoms with E-state index in [0.29, 0.717) is 18.5 Å². The number of amides is 1. The third-order valence-corrected chi connectivity index (χ3v) is 2.40. The number of rotatable bonds is 3. The first kappa shape index (κ1) is 8.53. The van der Waals surface area contributed by atoms with Gasteiger partial charge in [-0.25, -0.2) is 0 Å². The SMILES string of the molecule is CC1CCCC1NCC(N)=O. The molecule has 1 aliphatic rings. The maximum atomic E-state index is 10.4. The van der Waals surface area contributed by atoms with Crippen LogP contribution in [0.4, 0.5) is 0 Å². The molecule has 1 amide bonds. The molecular weight excluding hydrogens is 140 g/mol. The van der Waals surface area contributed by atoms with Gasteiger partial charge < -0.3 is 11.1 Å². The minimum Gasteiger partial charge on any atom is -0.369 e. The van der Waals surface area contributed by atoms with E-state index in [9.17, 15) is 4.79 Å². The third kappa shape index (κ3) is 2.50. The van der Waals surface area contributed by atoms with E-state index in [1.165, 1.54) is 19.3 Å². The predicted octanol–water partition coefficient (Wildman–Crippen LogP) is 0.250. The molecule has 1 aliphatic carbocycles. The largest absolute Gasteiger partial charge is 0.369 e.